The van der Waals surface area contributed by atoms with Crippen LogP contribution in [0.4, 0.5) is 0 Å². The second-order valence-electron chi connectivity index (χ2n) is 6.13. The molecule has 0 aromatic heterocycles. The Bertz CT molecular complexity index is 776. The summed E-state index contributed by atoms with van der Waals surface area (Å²) in [5.74, 6) is 0.679. The van der Waals surface area contributed by atoms with Crippen LogP contribution in [0.3, 0.4) is 0 Å². The van der Waals surface area contributed by atoms with E-state index in [1.807, 2.05) is 62.4 Å². The van der Waals surface area contributed by atoms with Gasteiger partial charge < -0.3 is 16.0 Å². The molecule has 1 amide bonds. The van der Waals surface area contributed by atoms with Gasteiger partial charge in [0.05, 0.1) is 6.54 Å². The number of rotatable bonds is 8. The number of benzene rings is 2. The number of hydrogen-bond acceptors (Lipinski definition) is 2. The molecule has 0 aliphatic rings. The second-order valence-corrected chi connectivity index (χ2v) is 6.57. The van der Waals surface area contributed by atoms with E-state index in [9.17, 15) is 4.79 Å². The number of nitrogens with one attached hydrogen (secondary N) is 3. The molecule has 0 bridgehead atoms. The van der Waals surface area contributed by atoms with E-state index in [0.717, 1.165) is 30.1 Å². The van der Waals surface area contributed by atoms with Crippen molar-refractivity contribution in [2.75, 3.05) is 13.1 Å². The molecule has 2 rings (SSSR count). The first kappa shape index (κ1) is 20.8. The minimum atomic E-state index is -0.0415. The summed E-state index contributed by atoms with van der Waals surface area (Å²) in [5, 5.41) is 10.1. The standard InChI is InChI=1S/C21H27ClN4O/c1-3-11-24-20(27)18-9-5-7-16(12-18)14-25-21(23-4-2)26-15-17-8-6-10-19(22)13-17/h5-10,12-13H,3-4,11,14-15H2,1-2H3,(H,24,27)(H2,23,25,26). The molecule has 0 saturated heterocycles. The van der Waals surface area contributed by atoms with Gasteiger partial charge in [0.15, 0.2) is 5.96 Å². The number of guanidine groups is 1. The number of aliphatic imine (C=N–C) groups is 1. The lowest BCUT2D eigenvalue weighted by Crippen LogP contribution is -2.36. The highest BCUT2D eigenvalue weighted by Gasteiger charge is 2.06. The number of carbonyl (C=O) groups is 1. The maximum absolute atomic E-state index is 12.1. The Morgan fingerprint density at radius 3 is 2.52 bits per heavy atom. The molecule has 0 heterocycles. The van der Waals surface area contributed by atoms with E-state index in [4.69, 9.17) is 11.6 Å². The molecule has 5 nitrogen and oxygen atoms in total. The molecule has 0 fully saturated rings. The topological polar surface area (TPSA) is 65.5 Å². The van der Waals surface area contributed by atoms with E-state index >= 15 is 0 Å². The minimum absolute atomic E-state index is 0.0415. The van der Waals surface area contributed by atoms with Crippen molar-refractivity contribution in [3.63, 3.8) is 0 Å². The van der Waals surface area contributed by atoms with Crippen LogP contribution in [0.2, 0.25) is 5.02 Å². The van der Waals surface area contributed by atoms with Crippen LogP contribution in [0.25, 0.3) is 0 Å². The molecule has 0 spiro atoms. The molecule has 0 saturated carbocycles. The fourth-order valence-corrected chi connectivity index (χ4v) is 2.71. The van der Waals surface area contributed by atoms with Crippen LogP contribution in [-0.4, -0.2) is 25.0 Å². The van der Waals surface area contributed by atoms with Gasteiger partial charge in [-0.05, 0) is 48.7 Å². The number of amides is 1. The lowest BCUT2D eigenvalue weighted by molar-refractivity contribution is 0.0953. The molecule has 144 valence electrons. The second kappa shape index (κ2) is 11.2. The summed E-state index contributed by atoms with van der Waals surface area (Å²) in [7, 11) is 0. The van der Waals surface area contributed by atoms with Crippen LogP contribution in [0.15, 0.2) is 53.5 Å². The zero-order valence-electron chi connectivity index (χ0n) is 15.9. The first-order valence-electron chi connectivity index (χ1n) is 9.26. The average molecular weight is 387 g/mol. The van der Waals surface area contributed by atoms with Crippen LogP contribution in [-0.2, 0) is 13.1 Å². The number of nitrogens with zero attached hydrogens (tertiary/aromatic N) is 1. The monoisotopic (exact) mass is 386 g/mol. The molecular weight excluding hydrogens is 360 g/mol. The normalized spacial score (nSPS) is 11.1. The summed E-state index contributed by atoms with van der Waals surface area (Å²) in [4.78, 5) is 16.7. The third-order valence-electron chi connectivity index (χ3n) is 3.84. The molecule has 2 aromatic carbocycles. The van der Waals surface area contributed by atoms with Gasteiger partial charge in [0.2, 0.25) is 0 Å². The summed E-state index contributed by atoms with van der Waals surface area (Å²) >= 11 is 6.02. The van der Waals surface area contributed by atoms with Crippen LogP contribution < -0.4 is 16.0 Å². The van der Waals surface area contributed by atoms with Crippen LogP contribution in [0.1, 0.15) is 41.8 Å². The third-order valence-corrected chi connectivity index (χ3v) is 4.07. The Balaban J connectivity index is 1.98. The zero-order valence-corrected chi connectivity index (χ0v) is 16.6. The van der Waals surface area contributed by atoms with E-state index in [2.05, 4.69) is 20.9 Å². The van der Waals surface area contributed by atoms with Crippen molar-refractivity contribution in [1.82, 2.24) is 16.0 Å². The first-order valence-corrected chi connectivity index (χ1v) is 9.64. The van der Waals surface area contributed by atoms with Crippen molar-refractivity contribution >= 4 is 23.5 Å². The van der Waals surface area contributed by atoms with Gasteiger partial charge >= 0.3 is 0 Å². The van der Waals surface area contributed by atoms with Crippen molar-refractivity contribution in [2.24, 2.45) is 4.99 Å². The van der Waals surface area contributed by atoms with Gasteiger partial charge in [0.1, 0.15) is 0 Å². The van der Waals surface area contributed by atoms with Crippen molar-refractivity contribution in [3.8, 4) is 0 Å². The quantitative estimate of drug-likeness (QED) is 0.478. The average Bonchev–Trinajstić information content (AvgIpc) is 2.68. The van der Waals surface area contributed by atoms with E-state index in [0.29, 0.717) is 30.2 Å². The van der Waals surface area contributed by atoms with E-state index in [1.54, 1.807) is 0 Å². The van der Waals surface area contributed by atoms with Gasteiger partial charge in [-0.3, -0.25) is 4.79 Å². The molecule has 0 atom stereocenters. The molecule has 0 aliphatic carbocycles. The van der Waals surface area contributed by atoms with Gasteiger partial charge in [-0.1, -0.05) is 42.8 Å². The summed E-state index contributed by atoms with van der Waals surface area (Å²) in [6, 6.07) is 15.3. The minimum Gasteiger partial charge on any atom is -0.357 e. The molecular formula is C21H27ClN4O. The smallest absolute Gasteiger partial charge is 0.251 e. The van der Waals surface area contributed by atoms with Gasteiger partial charge in [-0.15, -0.1) is 0 Å². The highest BCUT2D eigenvalue weighted by molar-refractivity contribution is 6.30. The third kappa shape index (κ3) is 7.31. The molecule has 3 N–H and O–H groups in total. The highest BCUT2D eigenvalue weighted by atomic mass is 35.5. The van der Waals surface area contributed by atoms with Gasteiger partial charge in [0, 0.05) is 30.2 Å². The lowest BCUT2D eigenvalue weighted by Gasteiger charge is -2.12. The summed E-state index contributed by atoms with van der Waals surface area (Å²) < 4.78 is 0. The Hall–Kier alpha value is -2.53. The van der Waals surface area contributed by atoms with Gasteiger partial charge in [-0.2, -0.15) is 0 Å². The molecule has 0 unspecified atom stereocenters. The fourth-order valence-electron chi connectivity index (χ4n) is 2.50. The Morgan fingerprint density at radius 1 is 1.00 bits per heavy atom. The zero-order chi connectivity index (χ0) is 19.5. The van der Waals surface area contributed by atoms with Crippen molar-refractivity contribution in [1.29, 1.82) is 0 Å². The maximum Gasteiger partial charge on any atom is 0.251 e. The Kier molecular flexibility index (Phi) is 8.65. The number of hydrogen-bond donors (Lipinski definition) is 3. The summed E-state index contributed by atoms with van der Waals surface area (Å²) in [6.45, 7) is 6.62. The van der Waals surface area contributed by atoms with E-state index in [1.165, 1.54) is 0 Å². The van der Waals surface area contributed by atoms with Crippen LogP contribution >= 0.6 is 11.6 Å². The molecule has 0 aliphatic heterocycles. The largest absolute Gasteiger partial charge is 0.357 e. The Labute approximate surface area is 166 Å². The van der Waals surface area contributed by atoms with Crippen molar-refractivity contribution < 1.29 is 4.79 Å². The van der Waals surface area contributed by atoms with Gasteiger partial charge in [-0.25, -0.2) is 4.99 Å². The van der Waals surface area contributed by atoms with Crippen LogP contribution in [0, 0.1) is 0 Å². The molecule has 27 heavy (non-hydrogen) atoms. The molecule has 2 aromatic rings. The molecule has 6 heteroatoms. The van der Waals surface area contributed by atoms with Crippen molar-refractivity contribution in [3.05, 3.63) is 70.2 Å². The van der Waals surface area contributed by atoms with E-state index < -0.39 is 0 Å². The highest BCUT2D eigenvalue weighted by Crippen LogP contribution is 2.11. The van der Waals surface area contributed by atoms with E-state index in [-0.39, 0.29) is 5.91 Å². The number of carbonyl (C=O) groups excluding carboxylic acids is 1. The Morgan fingerprint density at radius 2 is 1.78 bits per heavy atom. The predicted molar refractivity (Wildman–Crippen MR) is 112 cm³/mol. The first-order chi connectivity index (χ1) is 13.1. The van der Waals surface area contributed by atoms with Gasteiger partial charge in [0.25, 0.3) is 5.91 Å². The summed E-state index contributed by atoms with van der Waals surface area (Å²) in [5.41, 5.74) is 2.74. The predicted octanol–water partition coefficient (Wildman–Crippen LogP) is 3.74. The fraction of sp³-hybridized carbons (Fsp3) is 0.333. The van der Waals surface area contributed by atoms with Crippen LogP contribution in [0.5, 0.6) is 0 Å². The molecule has 0 radical (unpaired) electrons. The maximum atomic E-state index is 12.1. The SMILES string of the molecule is CCCNC(=O)c1cccc(CNC(=NCc2cccc(Cl)c2)NCC)c1. The lowest BCUT2D eigenvalue weighted by atomic mass is 10.1. The summed E-state index contributed by atoms with van der Waals surface area (Å²) in [6.07, 6.45) is 0.919. The van der Waals surface area contributed by atoms with Crippen molar-refractivity contribution in [2.45, 2.75) is 33.4 Å². The number of halogens is 1.